The zero-order valence-corrected chi connectivity index (χ0v) is 15.5. The van der Waals surface area contributed by atoms with E-state index in [4.69, 9.17) is 0 Å². The molecular formula is C17H20Br2N2. The minimum Gasteiger partial charge on any atom is -0.370 e. The molecule has 0 fully saturated rings. The van der Waals surface area contributed by atoms with Crippen LogP contribution in [0.1, 0.15) is 18.1 Å². The van der Waals surface area contributed by atoms with E-state index in [0.717, 1.165) is 28.6 Å². The highest BCUT2D eigenvalue weighted by molar-refractivity contribution is 9.10. The molecule has 0 saturated carbocycles. The Morgan fingerprint density at radius 3 is 2.52 bits per heavy atom. The molecule has 0 bridgehead atoms. The third-order valence-electron chi connectivity index (χ3n) is 3.33. The fourth-order valence-electron chi connectivity index (χ4n) is 2.30. The van der Waals surface area contributed by atoms with Crippen molar-refractivity contribution in [2.24, 2.45) is 0 Å². The van der Waals surface area contributed by atoms with E-state index in [-0.39, 0.29) is 0 Å². The molecule has 0 saturated heterocycles. The topological polar surface area (TPSA) is 15.3 Å². The number of rotatable bonds is 6. The van der Waals surface area contributed by atoms with Gasteiger partial charge in [-0.2, -0.15) is 0 Å². The lowest BCUT2D eigenvalue weighted by atomic mass is 10.1. The predicted molar refractivity (Wildman–Crippen MR) is 97.8 cm³/mol. The van der Waals surface area contributed by atoms with Gasteiger partial charge in [0.1, 0.15) is 0 Å². The second kappa shape index (κ2) is 7.97. The summed E-state index contributed by atoms with van der Waals surface area (Å²) in [4.78, 5) is 2.29. The zero-order chi connectivity index (χ0) is 15.2. The maximum Gasteiger partial charge on any atom is 0.0426 e. The third-order valence-corrected chi connectivity index (χ3v) is 4.32. The Morgan fingerprint density at radius 1 is 1.05 bits per heavy atom. The van der Waals surface area contributed by atoms with Crippen molar-refractivity contribution in [1.82, 2.24) is 5.32 Å². The zero-order valence-electron chi connectivity index (χ0n) is 12.4. The van der Waals surface area contributed by atoms with Crippen LogP contribution in [-0.2, 0) is 13.1 Å². The third kappa shape index (κ3) is 4.83. The predicted octanol–water partition coefficient (Wildman–Crippen LogP) is 4.96. The van der Waals surface area contributed by atoms with Crippen molar-refractivity contribution in [2.45, 2.75) is 20.0 Å². The van der Waals surface area contributed by atoms with Gasteiger partial charge in [-0.3, -0.25) is 0 Å². The molecule has 2 rings (SSSR count). The van der Waals surface area contributed by atoms with Crippen molar-refractivity contribution in [3.05, 3.63) is 62.5 Å². The monoisotopic (exact) mass is 410 g/mol. The van der Waals surface area contributed by atoms with Crippen LogP contribution in [0, 0.1) is 0 Å². The summed E-state index contributed by atoms with van der Waals surface area (Å²) >= 11 is 7.11. The lowest BCUT2D eigenvalue weighted by molar-refractivity contribution is 0.723. The summed E-state index contributed by atoms with van der Waals surface area (Å²) in [6, 6.07) is 14.9. The Kier molecular flexibility index (Phi) is 6.27. The average Bonchev–Trinajstić information content (AvgIpc) is 2.46. The van der Waals surface area contributed by atoms with Crippen LogP contribution in [0.3, 0.4) is 0 Å². The van der Waals surface area contributed by atoms with Gasteiger partial charge >= 0.3 is 0 Å². The van der Waals surface area contributed by atoms with Gasteiger partial charge in [0.15, 0.2) is 0 Å². The van der Waals surface area contributed by atoms with E-state index in [0.29, 0.717) is 0 Å². The summed E-state index contributed by atoms with van der Waals surface area (Å²) in [5, 5.41) is 3.40. The summed E-state index contributed by atoms with van der Waals surface area (Å²) in [6.45, 7) is 4.88. The van der Waals surface area contributed by atoms with Gasteiger partial charge in [0, 0.05) is 34.8 Å². The van der Waals surface area contributed by atoms with Crippen molar-refractivity contribution >= 4 is 37.5 Å². The van der Waals surface area contributed by atoms with E-state index in [1.165, 1.54) is 16.8 Å². The minimum absolute atomic E-state index is 0.884. The smallest absolute Gasteiger partial charge is 0.0426 e. The van der Waals surface area contributed by atoms with E-state index in [9.17, 15) is 0 Å². The molecule has 112 valence electrons. The van der Waals surface area contributed by atoms with Crippen LogP contribution >= 0.6 is 31.9 Å². The number of benzene rings is 2. The summed E-state index contributed by atoms with van der Waals surface area (Å²) in [5.41, 5.74) is 3.86. The molecule has 0 heterocycles. The molecule has 0 atom stereocenters. The largest absolute Gasteiger partial charge is 0.370 e. The number of nitrogens with one attached hydrogen (secondary N) is 1. The van der Waals surface area contributed by atoms with E-state index >= 15 is 0 Å². The first-order valence-corrected chi connectivity index (χ1v) is 8.63. The summed E-state index contributed by atoms with van der Waals surface area (Å²) < 4.78 is 2.23. The maximum absolute atomic E-state index is 3.58. The Balaban J connectivity index is 2.20. The summed E-state index contributed by atoms with van der Waals surface area (Å²) in [6.07, 6.45) is 0. The fraction of sp³-hybridized carbons (Fsp3) is 0.294. The van der Waals surface area contributed by atoms with Gasteiger partial charge in [0.25, 0.3) is 0 Å². The van der Waals surface area contributed by atoms with Gasteiger partial charge in [0.2, 0.25) is 0 Å². The van der Waals surface area contributed by atoms with Crippen molar-refractivity contribution in [2.75, 3.05) is 18.5 Å². The highest BCUT2D eigenvalue weighted by atomic mass is 79.9. The molecule has 1 N–H and O–H groups in total. The molecule has 0 spiro atoms. The van der Waals surface area contributed by atoms with Gasteiger partial charge in [0.05, 0.1) is 0 Å². The summed E-state index contributed by atoms with van der Waals surface area (Å²) in [5.74, 6) is 0. The van der Waals surface area contributed by atoms with Crippen molar-refractivity contribution in [3.8, 4) is 0 Å². The maximum atomic E-state index is 3.58. The van der Waals surface area contributed by atoms with Gasteiger partial charge in [-0.1, -0.05) is 57.0 Å². The van der Waals surface area contributed by atoms with E-state index in [1.807, 2.05) is 0 Å². The van der Waals surface area contributed by atoms with Crippen molar-refractivity contribution in [1.29, 1.82) is 0 Å². The lowest BCUT2D eigenvalue weighted by Gasteiger charge is -2.23. The molecule has 0 aliphatic heterocycles. The van der Waals surface area contributed by atoms with Crippen LogP contribution in [-0.4, -0.2) is 13.6 Å². The van der Waals surface area contributed by atoms with Crippen LogP contribution in [0.15, 0.2) is 51.4 Å². The molecule has 2 nitrogen and oxygen atoms in total. The highest BCUT2D eigenvalue weighted by Gasteiger charge is 2.09. The van der Waals surface area contributed by atoms with E-state index in [1.54, 1.807) is 0 Å². The second-order valence-corrected chi connectivity index (χ2v) is 6.87. The first-order chi connectivity index (χ1) is 10.1. The van der Waals surface area contributed by atoms with Gasteiger partial charge in [-0.05, 0) is 41.9 Å². The SMILES string of the molecule is CCNCc1ccc(Br)cc1N(C)Cc1cccc(Br)c1. The molecule has 2 aromatic rings. The van der Waals surface area contributed by atoms with Crippen LogP contribution in [0.4, 0.5) is 5.69 Å². The van der Waals surface area contributed by atoms with Crippen molar-refractivity contribution < 1.29 is 0 Å². The van der Waals surface area contributed by atoms with Crippen LogP contribution in [0.2, 0.25) is 0 Å². The Labute approximate surface area is 143 Å². The van der Waals surface area contributed by atoms with Gasteiger partial charge in [-0.15, -0.1) is 0 Å². The molecule has 0 amide bonds. The standard InChI is InChI=1S/C17H20Br2N2/c1-3-20-11-14-7-8-16(19)10-17(14)21(2)12-13-5-4-6-15(18)9-13/h4-10,20H,3,11-12H2,1-2H3. The molecule has 0 unspecified atom stereocenters. The number of hydrogen-bond donors (Lipinski definition) is 1. The van der Waals surface area contributed by atoms with Crippen molar-refractivity contribution in [3.63, 3.8) is 0 Å². The number of anilines is 1. The highest BCUT2D eigenvalue weighted by Crippen LogP contribution is 2.26. The van der Waals surface area contributed by atoms with Crippen LogP contribution in [0.25, 0.3) is 0 Å². The molecule has 21 heavy (non-hydrogen) atoms. The van der Waals surface area contributed by atoms with E-state index in [2.05, 4.69) is 98.5 Å². The minimum atomic E-state index is 0.884. The number of nitrogens with zero attached hydrogens (tertiary/aromatic N) is 1. The molecule has 4 heteroatoms. The Bertz CT molecular complexity index is 599. The number of halogens is 2. The molecule has 0 radical (unpaired) electrons. The first-order valence-electron chi connectivity index (χ1n) is 7.05. The molecule has 0 aliphatic carbocycles. The average molecular weight is 412 g/mol. The molecule has 0 aromatic heterocycles. The number of hydrogen-bond acceptors (Lipinski definition) is 2. The van der Waals surface area contributed by atoms with E-state index < -0.39 is 0 Å². The lowest BCUT2D eigenvalue weighted by Crippen LogP contribution is -2.20. The molecule has 0 aliphatic rings. The Morgan fingerprint density at radius 2 is 1.81 bits per heavy atom. The summed E-state index contributed by atoms with van der Waals surface area (Å²) in [7, 11) is 2.14. The fourth-order valence-corrected chi connectivity index (χ4v) is 3.09. The van der Waals surface area contributed by atoms with Crippen LogP contribution < -0.4 is 10.2 Å². The molecular weight excluding hydrogens is 392 g/mol. The van der Waals surface area contributed by atoms with Gasteiger partial charge < -0.3 is 10.2 Å². The molecule has 2 aromatic carbocycles. The van der Waals surface area contributed by atoms with Gasteiger partial charge in [-0.25, -0.2) is 0 Å². The second-order valence-electron chi connectivity index (χ2n) is 5.04. The quantitative estimate of drug-likeness (QED) is 0.722. The normalized spacial score (nSPS) is 10.7. The Hall–Kier alpha value is -0.840. The van der Waals surface area contributed by atoms with Crippen LogP contribution in [0.5, 0.6) is 0 Å². The first kappa shape index (κ1) is 16.5.